The van der Waals surface area contributed by atoms with Gasteiger partial charge in [-0.05, 0) is 66.6 Å². The van der Waals surface area contributed by atoms with Gasteiger partial charge in [-0.25, -0.2) is 0 Å². The smallest absolute Gasteiger partial charge is 0.235 e. The highest BCUT2D eigenvalue weighted by Crippen LogP contribution is 2.33. The predicted molar refractivity (Wildman–Crippen MR) is 118 cm³/mol. The summed E-state index contributed by atoms with van der Waals surface area (Å²) in [7, 11) is 0. The molecule has 0 amide bonds. The minimum atomic E-state index is -0.292. The Kier molecular flexibility index (Phi) is 5.55. The van der Waals surface area contributed by atoms with Crippen LogP contribution in [-0.2, 0) is 6.61 Å². The Labute approximate surface area is 182 Å². The van der Waals surface area contributed by atoms with Crippen LogP contribution in [0.25, 0.3) is 22.3 Å². The van der Waals surface area contributed by atoms with E-state index >= 15 is 0 Å². The van der Waals surface area contributed by atoms with Gasteiger partial charge in [-0.3, -0.25) is 4.79 Å². The van der Waals surface area contributed by atoms with Gasteiger partial charge in [0.25, 0.3) is 0 Å². The van der Waals surface area contributed by atoms with Crippen molar-refractivity contribution in [3.05, 3.63) is 97.1 Å². The third-order valence-electron chi connectivity index (χ3n) is 4.51. The lowest BCUT2D eigenvalue weighted by molar-refractivity contribution is 0.298. The third-order valence-corrected chi connectivity index (χ3v) is 5.40. The predicted octanol–water partition coefficient (Wildman–Crippen LogP) is 7.31. The fourth-order valence-corrected chi connectivity index (χ4v) is 3.51. The Balaban J connectivity index is 1.88. The average molecular weight is 446 g/mol. The van der Waals surface area contributed by atoms with E-state index in [4.69, 9.17) is 44.0 Å². The molecule has 146 valence electrons. The highest BCUT2D eigenvalue weighted by Gasteiger charge is 2.19. The number of hydrogen-bond donors (Lipinski definition) is 0. The molecule has 4 aromatic rings. The maximum absolute atomic E-state index is 13.2. The molecule has 0 radical (unpaired) electrons. The van der Waals surface area contributed by atoms with Crippen molar-refractivity contribution in [3.63, 3.8) is 0 Å². The summed E-state index contributed by atoms with van der Waals surface area (Å²) in [6, 6.07) is 17.6. The van der Waals surface area contributed by atoms with Crippen LogP contribution in [0.1, 0.15) is 11.1 Å². The van der Waals surface area contributed by atoms with Crippen LogP contribution in [0.5, 0.6) is 5.75 Å². The fourth-order valence-electron chi connectivity index (χ4n) is 3.00. The van der Waals surface area contributed by atoms with Crippen LogP contribution in [-0.4, -0.2) is 0 Å². The first-order valence-corrected chi connectivity index (χ1v) is 9.96. The second kappa shape index (κ2) is 8.11. The molecular weight excluding hydrogens is 431 g/mol. The molecule has 0 aliphatic rings. The van der Waals surface area contributed by atoms with Crippen molar-refractivity contribution < 1.29 is 9.15 Å². The van der Waals surface area contributed by atoms with E-state index in [1.807, 2.05) is 19.1 Å². The van der Waals surface area contributed by atoms with Crippen LogP contribution >= 0.6 is 34.8 Å². The molecule has 0 saturated carbocycles. The van der Waals surface area contributed by atoms with Crippen LogP contribution in [0.2, 0.25) is 15.1 Å². The zero-order valence-electron chi connectivity index (χ0n) is 15.3. The largest absolute Gasteiger partial charge is 0.481 e. The Morgan fingerprint density at radius 2 is 1.69 bits per heavy atom. The van der Waals surface area contributed by atoms with E-state index in [1.165, 1.54) is 0 Å². The van der Waals surface area contributed by atoms with Crippen LogP contribution in [0.3, 0.4) is 0 Å². The molecule has 0 fully saturated rings. The molecule has 1 aromatic heterocycles. The van der Waals surface area contributed by atoms with Crippen LogP contribution in [0, 0.1) is 6.92 Å². The van der Waals surface area contributed by atoms with E-state index in [9.17, 15) is 4.79 Å². The lowest BCUT2D eigenvalue weighted by atomic mass is 10.1. The average Bonchev–Trinajstić information content (AvgIpc) is 2.69. The molecule has 1 heterocycles. The molecule has 0 saturated heterocycles. The first-order chi connectivity index (χ1) is 13.9. The summed E-state index contributed by atoms with van der Waals surface area (Å²) in [5.74, 6) is 0.447. The molecular formula is C23H15Cl3O3. The van der Waals surface area contributed by atoms with Crippen molar-refractivity contribution in [2.45, 2.75) is 13.5 Å². The molecule has 0 atom stereocenters. The van der Waals surface area contributed by atoms with Crippen LogP contribution < -0.4 is 10.2 Å². The maximum Gasteiger partial charge on any atom is 0.235 e. The van der Waals surface area contributed by atoms with E-state index < -0.39 is 0 Å². The van der Waals surface area contributed by atoms with Crippen molar-refractivity contribution in [2.24, 2.45) is 0 Å². The summed E-state index contributed by atoms with van der Waals surface area (Å²) in [5, 5.41) is 2.03. The molecule has 0 aliphatic carbocycles. The summed E-state index contributed by atoms with van der Waals surface area (Å²) in [5.41, 5.74) is 2.48. The second-order valence-corrected chi connectivity index (χ2v) is 7.89. The molecule has 29 heavy (non-hydrogen) atoms. The van der Waals surface area contributed by atoms with E-state index in [0.717, 1.165) is 11.1 Å². The van der Waals surface area contributed by atoms with Gasteiger partial charge < -0.3 is 9.15 Å². The van der Waals surface area contributed by atoms with Gasteiger partial charge in [-0.15, -0.1) is 0 Å². The first-order valence-electron chi connectivity index (χ1n) is 8.82. The zero-order chi connectivity index (χ0) is 20.5. The lowest BCUT2D eigenvalue weighted by Gasteiger charge is -2.13. The number of halogens is 3. The molecule has 4 rings (SSSR count). The monoisotopic (exact) mass is 444 g/mol. The first kappa shape index (κ1) is 19.8. The number of benzene rings is 3. The second-order valence-electron chi connectivity index (χ2n) is 6.61. The van der Waals surface area contributed by atoms with Gasteiger partial charge in [-0.2, -0.15) is 0 Å². The minimum Gasteiger partial charge on any atom is -0.481 e. The number of hydrogen-bond acceptors (Lipinski definition) is 3. The van der Waals surface area contributed by atoms with E-state index in [1.54, 1.807) is 48.5 Å². The lowest BCUT2D eigenvalue weighted by Crippen LogP contribution is -2.10. The summed E-state index contributed by atoms with van der Waals surface area (Å²) >= 11 is 18.3. The molecule has 3 nitrogen and oxygen atoms in total. The minimum absolute atomic E-state index is 0.111. The Morgan fingerprint density at radius 3 is 2.41 bits per heavy atom. The number of aryl methyl sites for hydroxylation is 1. The zero-order valence-corrected chi connectivity index (χ0v) is 17.6. The Hall–Kier alpha value is -2.46. The van der Waals surface area contributed by atoms with Gasteiger partial charge >= 0.3 is 0 Å². The summed E-state index contributed by atoms with van der Waals surface area (Å²) in [4.78, 5) is 13.2. The van der Waals surface area contributed by atoms with Gasteiger partial charge in [-0.1, -0.05) is 46.9 Å². The standard InChI is InChI=1S/C23H15Cl3O3/c1-13-9-20-18(11-19(13)26)21(27)23(28-12-14-3-2-4-17(25)10-14)22(29-20)15-5-7-16(24)8-6-15/h2-11H,12H2,1H3. The Morgan fingerprint density at radius 1 is 0.931 bits per heavy atom. The SMILES string of the molecule is Cc1cc2oc(-c3ccc(Cl)cc3)c(OCc3cccc(Cl)c3)c(=O)c2cc1Cl. The fraction of sp³-hybridized carbons (Fsp3) is 0.0870. The molecule has 0 spiro atoms. The van der Waals surface area contributed by atoms with E-state index in [-0.39, 0.29) is 17.8 Å². The topological polar surface area (TPSA) is 39.4 Å². The van der Waals surface area contributed by atoms with Crippen molar-refractivity contribution in [1.29, 1.82) is 0 Å². The van der Waals surface area contributed by atoms with Crippen molar-refractivity contribution in [1.82, 2.24) is 0 Å². The van der Waals surface area contributed by atoms with Gasteiger partial charge in [0.1, 0.15) is 12.2 Å². The van der Waals surface area contributed by atoms with Crippen LogP contribution in [0.15, 0.2) is 69.9 Å². The normalized spacial score (nSPS) is 11.0. The van der Waals surface area contributed by atoms with Gasteiger partial charge in [0.2, 0.25) is 11.2 Å². The number of rotatable bonds is 4. The van der Waals surface area contributed by atoms with Gasteiger partial charge in [0.05, 0.1) is 5.39 Å². The van der Waals surface area contributed by atoms with Crippen molar-refractivity contribution in [2.75, 3.05) is 0 Å². The van der Waals surface area contributed by atoms with Gasteiger partial charge in [0.15, 0.2) is 5.76 Å². The highest BCUT2D eigenvalue weighted by molar-refractivity contribution is 6.32. The quantitative estimate of drug-likeness (QED) is 0.330. The molecule has 6 heteroatoms. The third kappa shape index (κ3) is 4.13. The maximum atomic E-state index is 13.2. The summed E-state index contributed by atoms with van der Waals surface area (Å²) in [6.07, 6.45) is 0. The van der Waals surface area contributed by atoms with Gasteiger partial charge in [0, 0.05) is 20.6 Å². The van der Waals surface area contributed by atoms with E-state index in [2.05, 4.69) is 0 Å². The Bertz CT molecular complexity index is 1260. The molecule has 0 bridgehead atoms. The van der Waals surface area contributed by atoms with Crippen molar-refractivity contribution in [3.8, 4) is 17.1 Å². The molecule has 3 aromatic carbocycles. The molecule has 0 aliphatic heterocycles. The molecule has 0 unspecified atom stereocenters. The molecule has 0 N–H and O–H groups in total. The van der Waals surface area contributed by atoms with Crippen molar-refractivity contribution >= 4 is 45.8 Å². The number of fused-ring (bicyclic) bond motifs is 1. The van der Waals surface area contributed by atoms with E-state index in [0.29, 0.717) is 37.4 Å². The van der Waals surface area contributed by atoms with Crippen LogP contribution in [0.4, 0.5) is 0 Å². The summed E-state index contributed by atoms with van der Waals surface area (Å²) < 4.78 is 12.0. The highest BCUT2D eigenvalue weighted by atomic mass is 35.5. The number of ether oxygens (including phenoxy) is 1. The summed E-state index contributed by atoms with van der Waals surface area (Å²) in [6.45, 7) is 2.02.